The van der Waals surface area contributed by atoms with Crippen molar-refractivity contribution in [2.45, 2.75) is 174 Å². The molecule has 0 radical (unpaired) electrons. The van der Waals surface area contributed by atoms with Crippen LogP contribution in [0.15, 0.2) is 36.5 Å². The number of hydrogen-bond acceptors (Lipinski definition) is 8. The fourth-order valence-corrected chi connectivity index (χ4v) is 5.85. The van der Waals surface area contributed by atoms with Crippen molar-refractivity contribution < 1.29 is 37.6 Å². The molecule has 286 valence electrons. The van der Waals surface area contributed by atoms with Crippen LogP contribution in [0.3, 0.4) is 0 Å². The predicted octanol–water partition coefficient (Wildman–Crippen LogP) is 10.6. The second kappa shape index (κ2) is 36.0. The quantitative estimate of drug-likeness (QED) is 0.0214. The second-order valence-corrected chi connectivity index (χ2v) is 14.3. The van der Waals surface area contributed by atoms with Crippen LogP contribution in [-0.4, -0.2) is 49.3 Å². The smallest absolute Gasteiger partial charge is 0.462 e. The Kier molecular flexibility index (Phi) is 34.7. The van der Waals surface area contributed by atoms with Crippen LogP contribution >= 0.6 is 7.82 Å². The standard InChI is InChI=1S/C39H72NO8P/c1-3-5-7-9-11-13-15-17-18-20-21-23-25-27-29-31-38(41)45-35-37(36-47-49(43,44)46-34-33-40)48-39(42)32-30-28-26-24-22-19-16-14-12-10-8-6-4-2/h13-18,37H,3-12,19-36,40H2,1-2H3,(H,43,44)/b15-13+,16-14+,18-17+/t37-/m1/s1. The number of rotatable bonds is 36. The number of hydrogen-bond donors (Lipinski definition) is 2. The fraction of sp³-hybridized carbons (Fsp3) is 0.795. The molecule has 0 heterocycles. The van der Waals surface area contributed by atoms with E-state index >= 15 is 0 Å². The number of esters is 2. The van der Waals surface area contributed by atoms with Gasteiger partial charge in [0.2, 0.25) is 0 Å². The van der Waals surface area contributed by atoms with E-state index in [2.05, 4.69) is 50.3 Å². The molecule has 2 atom stereocenters. The molecule has 0 aromatic heterocycles. The van der Waals surface area contributed by atoms with Gasteiger partial charge in [-0.25, -0.2) is 4.57 Å². The molecular formula is C39H72NO8P. The van der Waals surface area contributed by atoms with E-state index in [1.807, 2.05) is 0 Å². The summed E-state index contributed by atoms with van der Waals surface area (Å²) in [4.78, 5) is 34.7. The lowest BCUT2D eigenvalue weighted by Gasteiger charge is -2.19. The molecule has 0 bridgehead atoms. The van der Waals surface area contributed by atoms with Gasteiger partial charge in [-0.15, -0.1) is 0 Å². The van der Waals surface area contributed by atoms with Gasteiger partial charge >= 0.3 is 19.8 Å². The molecule has 0 saturated carbocycles. The monoisotopic (exact) mass is 713 g/mol. The third-order valence-electron chi connectivity index (χ3n) is 8.03. The minimum Gasteiger partial charge on any atom is -0.462 e. The van der Waals surface area contributed by atoms with Crippen LogP contribution in [-0.2, 0) is 32.7 Å². The summed E-state index contributed by atoms with van der Waals surface area (Å²) in [5, 5.41) is 0. The van der Waals surface area contributed by atoms with Crippen molar-refractivity contribution in [1.29, 1.82) is 0 Å². The maximum atomic E-state index is 12.5. The van der Waals surface area contributed by atoms with Gasteiger partial charge in [0, 0.05) is 19.4 Å². The lowest BCUT2D eigenvalue weighted by atomic mass is 10.1. The Morgan fingerprint density at radius 3 is 1.57 bits per heavy atom. The summed E-state index contributed by atoms with van der Waals surface area (Å²) in [5.41, 5.74) is 5.33. The van der Waals surface area contributed by atoms with Gasteiger partial charge in [0.05, 0.1) is 13.2 Å². The number of allylic oxidation sites excluding steroid dienone is 6. The van der Waals surface area contributed by atoms with E-state index in [4.69, 9.17) is 24.3 Å². The fourth-order valence-electron chi connectivity index (χ4n) is 5.09. The molecule has 0 saturated heterocycles. The van der Waals surface area contributed by atoms with E-state index in [0.29, 0.717) is 12.8 Å². The molecule has 0 aliphatic rings. The maximum absolute atomic E-state index is 12.5. The van der Waals surface area contributed by atoms with Crippen LogP contribution in [0.2, 0.25) is 0 Å². The zero-order valence-corrected chi connectivity index (χ0v) is 32.1. The number of ether oxygens (including phenoxy) is 2. The first-order valence-corrected chi connectivity index (χ1v) is 21.0. The van der Waals surface area contributed by atoms with Crippen molar-refractivity contribution in [3.63, 3.8) is 0 Å². The topological polar surface area (TPSA) is 134 Å². The molecule has 9 nitrogen and oxygen atoms in total. The van der Waals surface area contributed by atoms with Gasteiger partial charge in [0.15, 0.2) is 6.10 Å². The van der Waals surface area contributed by atoms with Crippen LogP contribution in [0.1, 0.15) is 168 Å². The number of phosphoric ester groups is 1. The molecule has 0 aromatic carbocycles. The molecule has 0 aromatic rings. The first kappa shape index (κ1) is 47.2. The highest BCUT2D eigenvalue weighted by Crippen LogP contribution is 2.43. The van der Waals surface area contributed by atoms with Crippen molar-refractivity contribution in [3.05, 3.63) is 36.5 Å². The van der Waals surface area contributed by atoms with Crippen LogP contribution in [0.4, 0.5) is 0 Å². The largest absolute Gasteiger partial charge is 0.472 e. The zero-order valence-electron chi connectivity index (χ0n) is 31.2. The van der Waals surface area contributed by atoms with Crippen molar-refractivity contribution in [1.82, 2.24) is 0 Å². The van der Waals surface area contributed by atoms with Gasteiger partial charge < -0.3 is 20.1 Å². The van der Waals surface area contributed by atoms with Gasteiger partial charge in [-0.2, -0.15) is 0 Å². The molecule has 49 heavy (non-hydrogen) atoms. The highest BCUT2D eigenvalue weighted by atomic mass is 31.2. The average Bonchev–Trinajstić information content (AvgIpc) is 3.08. The Hall–Kier alpha value is -1.77. The number of unbranched alkanes of at least 4 members (excludes halogenated alkanes) is 18. The van der Waals surface area contributed by atoms with Gasteiger partial charge in [-0.05, 0) is 64.2 Å². The molecule has 0 rings (SSSR count). The summed E-state index contributed by atoms with van der Waals surface area (Å²) in [5.74, 6) is -0.858. The molecule has 10 heteroatoms. The van der Waals surface area contributed by atoms with E-state index in [-0.39, 0.29) is 32.6 Å². The van der Waals surface area contributed by atoms with Crippen LogP contribution in [0.25, 0.3) is 0 Å². The van der Waals surface area contributed by atoms with Gasteiger partial charge in [-0.3, -0.25) is 18.6 Å². The first-order valence-electron chi connectivity index (χ1n) is 19.5. The van der Waals surface area contributed by atoms with Crippen LogP contribution in [0, 0.1) is 0 Å². The molecule has 0 spiro atoms. The van der Waals surface area contributed by atoms with E-state index in [1.165, 1.54) is 57.8 Å². The van der Waals surface area contributed by atoms with E-state index in [0.717, 1.165) is 70.6 Å². The second-order valence-electron chi connectivity index (χ2n) is 12.8. The molecule has 3 N–H and O–H groups in total. The molecule has 0 amide bonds. The van der Waals surface area contributed by atoms with Gasteiger partial charge in [0.1, 0.15) is 6.61 Å². The van der Waals surface area contributed by atoms with E-state index < -0.39 is 32.5 Å². The molecular weight excluding hydrogens is 641 g/mol. The minimum atomic E-state index is -4.38. The maximum Gasteiger partial charge on any atom is 0.472 e. The summed E-state index contributed by atoms with van der Waals surface area (Å²) in [6.45, 7) is 3.65. The van der Waals surface area contributed by atoms with Gasteiger partial charge in [0.25, 0.3) is 0 Å². The SMILES string of the molecule is CCCCCC/C=C/C=C/CCCCCCCC(=O)OC[C@H](COP(=O)(O)OCCN)OC(=O)CCCCCCC/C=C/CCCCCC. The van der Waals surface area contributed by atoms with Crippen LogP contribution < -0.4 is 5.73 Å². The number of phosphoric acid groups is 1. The number of carbonyl (C=O) groups is 2. The van der Waals surface area contributed by atoms with Crippen molar-refractivity contribution in [3.8, 4) is 0 Å². The third kappa shape index (κ3) is 35.8. The first-order chi connectivity index (χ1) is 23.8. The lowest BCUT2D eigenvalue weighted by Crippen LogP contribution is -2.29. The molecule has 0 aliphatic carbocycles. The predicted molar refractivity (Wildman–Crippen MR) is 201 cm³/mol. The lowest BCUT2D eigenvalue weighted by molar-refractivity contribution is -0.161. The summed E-state index contributed by atoms with van der Waals surface area (Å²) in [7, 11) is -4.38. The summed E-state index contributed by atoms with van der Waals surface area (Å²) < 4.78 is 32.6. The Balaban J connectivity index is 4.26. The number of nitrogens with two attached hydrogens (primary N) is 1. The van der Waals surface area contributed by atoms with Crippen molar-refractivity contribution in [2.75, 3.05) is 26.4 Å². The highest BCUT2D eigenvalue weighted by molar-refractivity contribution is 7.47. The zero-order chi connectivity index (χ0) is 36.1. The van der Waals surface area contributed by atoms with Crippen LogP contribution in [0.5, 0.6) is 0 Å². The Labute approximate surface area is 299 Å². The van der Waals surface area contributed by atoms with E-state index in [9.17, 15) is 19.0 Å². The van der Waals surface area contributed by atoms with Crippen molar-refractivity contribution >= 4 is 19.8 Å². The van der Waals surface area contributed by atoms with Crippen molar-refractivity contribution in [2.24, 2.45) is 5.73 Å². The molecule has 0 fully saturated rings. The Morgan fingerprint density at radius 1 is 0.612 bits per heavy atom. The minimum absolute atomic E-state index is 0.0493. The third-order valence-corrected chi connectivity index (χ3v) is 9.01. The summed E-state index contributed by atoms with van der Waals surface area (Å²) >= 11 is 0. The van der Waals surface area contributed by atoms with E-state index in [1.54, 1.807) is 0 Å². The Bertz CT molecular complexity index is 907. The summed E-state index contributed by atoms with van der Waals surface area (Å²) in [6.07, 6.45) is 37.4. The number of carbonyl (C=O) groups excluding carboxylic acids is 2. The summed E-state index contributed by atoms with van der Waals surface area (Å²) in [6, 6.07) is 0. The average molecular weight is 714 g/mol. The normalized spacial score (nSPS) is 13.8. The molecule has 1 unspecified atom stereocenters. The Morgan fingerprint density at radius 2 is 1.06 bits per heavy atom. The molecule has 0 aliphatic heterocycles. The van der Waals surface area contributed by atoms with Gasteiger partial charge in [-0.1, -0.05) is 127 Å². The highest BCUT2D eigenvalue weighted by Gasteiger charge is 2.25.